The first-order valence-corrected chi connectivity index (χ1v) is 8.05. The number of hydrogen-bond acceptors (Lipinski definition) is 3. The van der Waals surface area contributed by atoms with Gasteiger partial charge in [-0.2, -0.15) is 0 Å². The fourth-order valence-corrected chi connectivity index (χ4v) is 4.85. The van der Waals surface area contributed by atoms with Gasteiger partial charge in [-0.25, -0.2) is 8.42 Å². The first-order chi connectivity index (χ1) is 7.59. The topological polar surface area (TPSA) is 51.2 Å². The Hall–Kier alpha value is -0.380. The second-order valence-corrected chi connectivity index (χ2v) is 7.44. The van der Waals surface area contributed by atoms with Crippen molar-refractivity contribution in [2.24, 2.45) is 5.92 Å². The Bertz CT molecular complexity index is 346. The lowest BCUT2D eigenvalue weighted by molar-refractivity contribution is -0.120. The molecule has 92 valence electrons. The third-order valence-electron chi connectivity index (χ3n) is 3.96. The van der Waals surface area contributed by atoms with E-state index in [0.29, 0.717) is 0 Å². The minimum atomic E-state index is -3.15. The third kappa shape index (κ3) is 2.65. The molecule has 0 radical (unpaired) electrons. The largest absolute Gasteiger partial charge is 0.298 e. The van der Waals surface area contributed by atoms with Crippen molar-refractivity contribution in [3.63, 3.8) is 0 Å². The van der Waals surface area contributed by atoms with Crippen LogP contribution in [0.1, 0.15) is 51.4 Å². The quantitative estimate of drug-likeness (QED) is 0.761. The minimum absolute atomic E-state index is 0.0237. The Morgan fingerprint density at radius 2 is 1.44 bits per heavy atom. The standard InChI is InChI=1S/C12H20O3S/c13-12(10-5-1-2-6-10)9-16(14,15)11-7-3-4-8-11/h10-11H,1-9H2. The van der Waals surface area contributed by atoms with Crippen LogP contribution in [-0.2, 0) is 14.6 Å². The predicted octanol–water partition coefficient (Wildman–Crippen LogP) is 2.10. The SMILES string of the molecule is O=C(CS(=O)(=O)C1CCCC1)C1CCCC1. The van der Waals surface area contributed by atoms with Crippen LogP contribution in [0.15, 0.2) is 0 Å². The van der Waals surface area contributed by atoms with Gasteiger partial charge in [-0.1, -0.05) is 25.7 Å². The monoisotopic (exact) mass is 244 g/mol. The van der Waals surface area contributed by atoms with Crippen LogP contribution in [0.5, 0.6) is 0 Å². The Balaban J connectivity index is 1.94. The molecule has 0 unspecified atom stereocenters. The average Bonchev–Trinajstić information content (AvgIpc) is 2.91. The summed E-state index contributed by atoms with van der Waals surface area (Å²) < 4.78 is 24.0. The van der Waals surface area contributed by atoms with Crippen LogP contribution in [0.25, 0.3) is 0 Å². The highest BCUT2D eigenvalue weighted by molar-refractivity contribution is 7.92. The number of carbonyl (C=O) groups is 1. The number of carbonyl (C=O) groups excluding carboxylic acids is 1. The molecule has 2 aliphatic carbocycles. The zero-order valence-electron chi connectivity index (χ0n) is 9.65. The van der Waals surface area contributed by atoms with Crippen molar-refractivity contribution in [1.29, 1.82) is 0 Å². The number of rotatable bonds is 4. The average molecular weight is 244 g/mol. The van der Waals surface area contributed by atoms with E-state index in [4.69, 9.17) is 0 Å². The van der Waals surface area contributed by atoms with Crippen LogP contribution in [0.4, 0.5) is 0 Å². The van der Waals surface area contributed by atoms with Crippen molar-refractivity contribution < 1.29 is 13.2 Å². The highest BCUT2D eigenvalue weighted by Gasteiger charge is 2.33. The lowest BCUT2D eigenvalue weighted by atomic mass is 10.0. The third-order valence-corrected chi connectivity index (χ3v) is 6.14. The van der Waals surface area contributed by atoms with Crippen molar-refractivity contribution in [1.82, 2.24) is 0 Å². The van der Waals surface area contributed by atoms with E-state index in [-0.39, 0.29) is 22.7 Å². The van der Waals surface area contributed by atoms with E-state index in [2.05, 4.69) is 0 Å². The molecule has 0 aromatic heterocycles. The second-order valence-electron chi connectivity index (χ2n) is 5.16. The van der Waals surface area contributed by atoms with E-state index >= 15 is 0 Å². The summed E-state index contributed by atoms with van der Waals surface area (Å²) in [4.78, 5) is 11.8. The van der Waals surface area contributed by atoms with Gasteiger partial charge in [-0.15, -0.1) is 0 Å². The van der Waals surface area contributed by atoms with Crippen LogP contribution >= 0.6 is 0 Å². The van der Waals surface area contributed by atoms with Crippen LogP contribution in [0.2, 0.25) is 0 Å². The number of hydrogen-bond donors (Lipinski definition) is 0. The molecule has 2 aliphatic rings. The lowest BCUT2D eigenvalue weighted by Gasteiger charge is -2.12. The van der Waals surface area contributed by atoms with E-state index in [0.717, 1.165) is 51.4 Å². The molecule has 0 aromatic carbocycles. The molecule has 0 N–H and O–H groups in total. The van der Waals surface area contributed by atoms with E-state index in [1.807, 2.05) is 0 Å². The zero-order chi connectivity index (χ0) is 11.6. The summed E-state index contributed by atoms with van der Waals surface area (Å²) >= 11 is 0. The van der Waals surface area contributed by atoms with E-state index in [1.165, 1.54) is 0 Å². The van der Waals surface area contributed by atoms with Crippen molar-refractivity contribution in [2.45, 2.75) is 56.6 Å². The molecule has 0 spiro atoms. The Morgan fingerprint density at radius 3 is 2.00 bits per heavy atom. The van der Waals surface area contributed by atoms with Gasteiger partial charge in [0.05, 0.1) is 5.25 Å². The fourth-order valence-electron chi connectivity index (χ4n) is 2.93. The van der Waals surface area contributed by atoms with Gasteiger partial charge in [0.15, 0.2) is 15.6 Å². The molecule has 0 heterocycles. The summed E-state index contributed by atoms with van der Waals surface area (Å²) in [7, 11) is -3.15. The van der Waals surface area contributed by atoms with Gasteiger partial charge < -0.3 is 0 Å². The lowest BCUT2D eigenvalue weighted by Crippen LogP contribution is -2.28. The normalized spacial score (nSPS) is 24.0. The number of ketones is 1. The molecule has 4 heteroatoms. The van der Waals surface area contributed by atoms with Crippen molar-refractivity contribution in [3.05, 3.63) is 0 Å². The molecular formula is C12H20O3S. The maximum absolute atomic E-state index is 12.0. The first kappa shape index (κ1) is 12.1. The Morgan fingerprint density at radius 1 is 0.938 bits per heavy atom. The van der Waals surface area contributed by atoms with E-state index in [9.17, 15) is 13.2 Å². The molecule has 2 saturated carbocycles. The van der Waals surface area contributed by atoms with Gasteiger partial charge in [-0.05, 0) is 25.7 Å². The predicted molar refractivity (Wildman–Crippen MR) is 63.0 cm³/mol. The van der Waals surface area contributed by atoms with Gasteiger partial charge in [0, 0.05) is 5.92 Å². The molecule has 2 fully saturated rings. The van der Waals surface area contributed by atoms with Gasteiger partial charge in [-0.3, -0.25) is 4.79 Å². The van der Waals surface area contributed by atoms with Crippen LogP contribution < -0.4 is 0 Å². The van der Waals surface area contributed by atoms with E-state index in [1.54, 1.807) is 0 Å². The molecule has 16 heavy (non-hydrogen) atoms. The summed E-state index contributed by atoms with van der Waals surface area (Å²) in [5, 5.41) is -0.224. The van der Waals surface area contributed by atoms with Crippen LogP contribution in [0.3, 0.4) is 0 Å². The summed E-state index contributed by atoms with van der Waals surface area (Å²) in [5.74, 6) is -0.178. The number of Topliss-reactive ketones (excluding diaryl/α,β-unsaturated/α-hetero) is 1. The maximum Gasteiger partial charge on any atom is 0.160 e. The van der Waals surface area contributed by atoms with Crippen molar-refractivity contribution >= 4 is 15.6 Å². The summed E-state index contributed by atoms with van der Waals surface area (Å²) in [6, 6.07) is 0. The van der Waals surface area contributed by atoms with Gasteiger partial charge in [0.25, 0.3) is 0 Å². The highest BCUT2D eigenvalue weighted by Crippen LogP contribution is 2.29. The van der Waals surface area contributed by atoms with Gasteiger partial charge in [0.2, 0.25) is 0 Å². The molecular weight excluding hydrogens is 224 g/mol. The van der Waals surface area contributed by atoms with Crippen LogP contribution in [0, 0.1) is 5.92 Å². The molecule has 3 nitrogen and oxygen atoms in total. The molecule has 0 amide bonds. The van der Waals surface area contributed by atoms with Gasteiger partial charge in [0.1, 0.15) is 5.75 Å². The number of sulfone groups is 1. The van der Waals surface area contributed by atoms with Crippen molar-refractivity contribution in [2.75, 3.05) is 5.75 Å². The summed E-state index contributed by atoms with van der Waals surface area (Å²) in [5.41, 5.74) is 0. The summed E-state index contributed by atoms with van der Waals surface area (Å²) in [6.07, 6.45) is 7.50. The van der Waals surface area contributed by atoms with Crippen molar-refractivity contribution in [3.8, 4) is 0 Å². The van der Waals surface area contributed by atoms with E-state index < -0.39 is 9.84 Å². The minimum Gasteiger partial charge on any atom is -0.298 e. The zero-order valence-corrected chi connectivity index (χ0v) is 10.5. The molecule has 0 bridgehead atoms. The highest BCUT2D eigenvalue weighted by atomic mass is 32.2. The van der Waals surface area contributed by atoms with Crippen LogP contribution in [-0.4, -0.2) is 25.2 Å². The van der Waals surface area contributed by atoms with Gasteiger partial charge >= 0.3 is 0 Å². The molecule has 0 aliphatic heterocycles. The molecule has 2 rings (SSSR count). The molecule has 0 atom stereocenters. The maximum atomic E-state index is 12.0. The Kier molecular flexibility index (Phi) is 3.67. The summed E-state index contributed by atoms with van der Waals surface area (Å²) in [6.45, 7) is 0. The molecule has 0 aromatic rings. The second kappa shape index (κ2) is 4.86. The Labute approximate surface area is 97.5 Å². The smallest absolute Gasteiger partial charge is 0.160 e. The first-order valence-electron chi connectivity index (χ1n) is 6.34. The fraction of sp³-hybridized carbons (Fsp3) is 0.917. The molecule has 0 saturated heterocycles.